The van der Waals surface area contributed by atoms with Crippen molar-refractivity contribution in [1.82, 2.24) is 9.88 Å². The van der Waals surface area contributed by atoms with E-state index in [2.05, 4.69) is 15.4 Å². The fourth-order valence-corrected chi connectivity index (χ4v) is 5.05. The molecule has 0 atom stereocenters. The number of hydrogen-bond acceptors (Lipinski definition) is 5. The van der Waals surface area contributed by atoms with E-state index in [1.807, 2.05) is 29.1 Å². The molecule has 2 aromatic heterocycles. The molecular formula is C23H23N3O4S. The predicted molar refractivity (Wildman–Crippen MR) is 119 cm³/mol. The van der Waals surface area contributed by atoms with E-state index in [4.69, 9.17) is 0 Å². The van der Waals surface area contributed by atoms with Gasteiger partial charge in [-0.2, -0.15) is 0 Å². The molecule has 2 amide bonds. The fraction of sp³-hybridized carbons (Fsp3) is 0.261. The van der Waals surface area contributed by atoms with E-state index in [9.17, 15) is 14.4 Å². The molecule has 2 N–H and O–H groups in total. The van der Waals surface area contributed by atoms with Crippen LogP contribution in [0.2, 0.25) is 0 Å². The van der Waals surface area contributed by atoms with Gasteiger partial charge < -0.3 is 19.9 Å². The molecule has 0 radical (unpaired) electrons. The number of esters is 1. The number of nitrogens with zero attached hydrogens (tertiary/aromatic N) is 1. The summed E-state index contributed by atoms with van der Waals surface area (Å²) in [5.41, 5.74) is 2.70. The third kappa shape index (κ3) is 4.54. The zero-order valence-electron chi connectivity index (χ0n) is 17.1. The van der Waals surface area contributed by atoms with Gasteiger partial charge in [0, 0.05) is 28.5 Å². The highest BCUT2D eigenvalue weighted by Gasteiger charge is 2.26. The van der Waals surface area contributed by atoms with Crippen molar-refractivity contribution >= 4 is 34.8 Å². The first-order chi connectivity index (χ1) is 15.1. The summed E-state index contributed by atoms with van der Waals surface area (Å²) in [6.07, 6.45) is 8.00. The van der Waals surface area contributed by atoms with Crippen LogP contribution in [0.15, 0.2) is 48.8 Å². The van der Waals surface area contributed by atoms with Crippen LogP contribution >= 0.6 is 11.3 Å². The Labute approximate surface area is 184 Å². The van der Waals surface area contributed by atoms with Crippen LogP contribution in [0.3, 0.4) is 0 Å². The van der Waals surface area contributed by atoms with E-state index in [0.717, 1.165) is 36.2 Å². The number of nitrogens with one attached hydrogen (secondary N) is 2. The molecule has 4 rings (SSSR count). The minimum Gasteiger partial charge on any atom is -0.468 e. The number of anilines is 1. The van der Waals surface area contributed by atoms with E-state index in [0.29, 0.717) is 16.8 Å². The number of thiophene rings is 1. The highest BCUT2D eigenvalue weighted by Crippen LogP contribution is 2.37. The third-order valence-electron chi connectivity index (χ3n) is 5.22. The number of carbonyl (C=O) groups is 3. The number of methoxy groups -OCH3 is 1. The molecular weight excluding hydrogens is 414 g/mol. The number of benzene rings is 1. The van der Waals surface area contributed by atoms with Gasteiger partial charge in [-0.3, -0.25) is 14.4 Å². The summed E-state index contributed by atoms with van der Waals surface area (Å²) in [6.45, 7) is -0.215. The first-order valence-electron chi connectivity index (χ1n) is 10.1. The van der Waals surface area contributed by atoms with E-state index in [1.54, 1.807) is 35.6 Å². The molecule has 31 heavy (non-hydrogen) atoms. The number of rotatable bonds is 6. The lowest BCUT2D eigenvalue weighted by atomic mass is 9.95. The van der Waals surface area contributed by atoms with E-state index < -0.39 is 11.9 Å². The highest BCUT2D eigenvalue weighted by atomic mass is 32.1. The standard InChI is InChI=1S/C23H23N3O4S/c1-30-19(27)14-24-21(28)15-7-6-8-16(13-15)25-22(29)20-17-9-2-3-10-18(17)31-23(20)26-11-4-5-12-26/h4-8,11-13H,2-3,9-10,14H2,1H3,(H,24,28)(H,25,29). The Kier molecular flexibility index (Phi) is 6.18. The number of aromatic nitrogens is 1. The van der Waals surface area contributed by atoms with Crippen molar-refractivity contribution in [3.63, 3.8) is 0 Å². The SMILES string of the molecule is COC(=O)CNC(=O)c1cccc(NC(=O)c2c(-n3cccc3)sc3c2CCCC3)c1. The van der Waals surface area contributed by atoms with Crippen molar-refractivity contribution in [1.29, 1.82) is 0 Å². The molecule has 2 heterocycles. The molecule has 160 valence electrons. The van der Waals surface area contributed by atoms with Crippen molar-refractivity contribution in [2.75, 3.05) is 19.0 Å². The maximum absolute atomic E-state index is 13.3. The molecule has 0 unspecified atom stereocenters. The third-order valence-corrected chi connectivity index (χ3v) is 6.53. The molecule has 0 bridgehead atoms. The van der Waals surface area contributed by atoms with Gasteiger partial charge in [-0.15, -0.1) is 11.3 Å². The number of aryl methyl sites for hydroxylation is 1. The van der Waals surface area contributed by atoms with Gasteiger partial charge in [-0.05, 0) is 61.6 Å². The normalized spacial score (nSPS) is 12.7. The zero-order valence-corrected chi connectivity index (χ0v) is 18.0. The Bertz CT molecular complexity index is 1120. The number of carbonyl (C=O) groups excluding carboxylic acids is 3. The van der Waals surface area contributed by atoms with Crippen LogP contribution in [0.4, 0.5) is 5.69 Å². The van der Waals surface area contributed by atoms with Crippen molar-refractivity contribution in [3.05, 3.63) is 70.4 Å². The average molecular weight is 438 g/mol. The van der Waals surface area contributed by atoms with Gasteiger partial charge in [0.1, 0.15) is 11.5 Å². The summed E-state index contributed by atoms with van der Waals surface area (Å²) in [6, 6.07) is 10.5. The van der Waals surface area contributed by atoms with Crippen LogP contribution < -0.4 is 10.6 Å². The van der Waals surface area contributed by atoms with Crippen molar-refractivity contribution < 1.29 is 19.1 Å². The minimum absolute atomic E-state index is 0.185. The Balaban J connectivity index is 1.57. The molecule has 0 spiro atoms. The van der Waals surface area contributed by atoms with Gasteiger partial charge >= 0.3 is 5.97 Å². The summed E-state index contributed by atoms with van der Waals surface area (Å²) >= 11 is 1.67. The van der Waals surface area contributed by atoms with Crippen LogP contribution in [0, 0.1) is 0 Å². The molecule has 0 saturated heterocycles. The first-order valence-corrected chi connectivity index (χ1v) is 10.9. The fourth-order valence-electron chi connectivity index (χ4n) is 3.70. The average Bonchev–Trinajstić information content (AvgIpc) is 3.45. The molecule has 1 aliphatic rings. The molecule has 0 fully saturated rings. The van der Waals surface area contributed by atoms with E-state index >= 15 is 0 Å². The monoisotopic (exact) mass is 437 g/mol. The number of hydrogen-bond donors (Lipinski definition) is 2. The maximum Gasteiger partial charge on any atom is 0.325 e. The summed E-state index contributed by atoms with van der Waals surface area (Å²) in [5.74, 6) is -1.13. The van der Waals surface area contributed by atoms with Crippen LogP contribution in [0.5, 0.6) is 0 Å². The van der Waals surface area contributed by atoms with Gasteiger partial charge in [0.15, 0.2) is 0 Å². The van der Waals surface area contributed by atoms with Gasteiger partial charge in [-0.1, -0.05) is 6.07 Å². The second-order valence-electron chi connectivity index (χ2n) is 7.28. The molecule has 3 aromatic rings. The lowest BCUT2D eigenvalue weighted by molar-refractivity contribution is -0.139. The summed E-state index contributed by atoms with van der Waals surface area (Å²) < 4.78 is 6.51. The Morgan fingerprint density at radius 2 is 1.84 bits per heavy atom. The summed E-state index contributed by atoms with van der Waals surface area (Å²) in [4.78, 5) is 38.1. The molecule has 7 nitrogen and oxygen atoms in total. The Morgan fingerprint density at radius 1 is 1.06 bits per heavy atom. The molecule has 1 aromatic carbocycles. The van der Waals surface area contributed by atoms with E-state index in [1.165, 1.54) is 12.0 Å². The van der Waals surface area contributed by atoms with Gasteiger partial charge in [0.2, 0.25) is 0 Å². The second-order valence-corrected chi connectivity index (χ2v) is 8.36. The van der Waals surface area contributed by atoms with Crippen molar-refractivity contribution in [2.45, 2.75) is 25.7 Å². The summed E-state index contributed by atoms with van der Waals surface area (Å²) in [5, 5.41) is 6.37. The number of fused-ring (bicyclic) bond motifs is 1. The number of amides is 2. The lowest BCUT2D eigenvalue weighted by Crippen LogP contribution is -2.30. The maximum atomic E-state index is 13.3. The topological polar surface area (TPSA) is 89.4 Å². The molecule has 0 saturated carbocycles. The smallest absolute Gasteiger partial charge is 0.325 e. The minimum atomic E-state index is -0.530. The van der Waals surface area contributed by atoms with Gasteiger partial charge in [0.05, 0.1) is 12.7 Å². The molecule has 0 aliphatic heterocycles. The largest absolute Gasteiger partial charge is 0.468 e. The van der Waals surface area contributed by atoms with Crippen LogP contribution in [-0.2, 0) is 22.4 Å². The van der Waals surface area contributed by atoms with Gasteiger partial charge in [-0.25, -0.2) is 0 Å². The highest BCUT2D eigenvalue weighted by molar-refractivity contribution is 7.15. The van der Waals surface area contributed by atoms with Crippen LogP contribution in [0.1, 0.15) is 44.0 Å². The van der Waals surface area contributed by atoms with E-state index in [-0.39, 0.29) is 12.5 Å². The van der Waals surface area contributed by atoms with Crippen LogP contribution in [-0.4, -0.2) is 36.0 Å². The first kappa shape index (κ1) is 20.9. The van der Waals surface area contributed by atoms with Crippen molar-refractivity contribution in [2.24, 2.45) is 0 Å². The zero-order chi connectivity index (χ0) is 21.8. The van der Waals surface area contributed by atoms with Crippen LogP contribution in [0.25, 0.3) is 5.00 Å². The summed E-state index contributed by atoms with van der Waals surface area (Å²) in [7, 11) is 1.26. The Morgan fingerprint density at radius 3 is 2.61 bits per heavy atom. The number of ether oxygens (including phenoxy) is 1. The predicted octanol–water partition coefficient (Wildman–Crippen LogP) is 3.57. The second kappa shape index (κ2) is 9.18. The lowest BCUT2D eigenvalue weighted by Gasteiger charge is -2.14. The van der Waals surface area contributed by atoms with Crippen molar-refractivity contribution in [3.8, 4) is 5.00 Å². The van der Waals surface area contributed by atoms with Gasteiger partial charge in [0.25, 0.3) is 11.8 Å². The molecule has 8 heteroatoms. The molecule has 1 aliphatic carbocycles. The quantitative estimate of drug-likeness (QED) is 0.577. The Hall–Kier alpha value is -3.39.